The lowest BCUT2D eigenvalue weighted by Gasteiger charge is -2.30. The summed E-state index contributed by atoms with van der Waals surface area (Å²) in [4.78, 5) is 13.4. The summed E-state index contributed by atoms with van der Waals surface area (Å²) in [5.41, 5.74) is 0.694. The smallest absolute Gasteiger partial charge is 0.406 e. The van der Waals surface area contributed by atoms with Gasteiger partial charge in [0.05, 0.1) is 12.9 Å². The molecule has 1 aliphatic rings. The average Bonchev–Trinajstić information content (AvgIpc) is 3.47. The number of hydrogen-bond acceptors (Lipinski definition) is 6. The van der Waals surface area contributed by atoms with Crippen molar-refractivity contribution in [1.29, 1.82) is 0 Å². The Labute approximate surface area is 170 Å². The van der Waals surface area contributed by atoms with E-state index in [1.165, 1.54) is 4.68 Å². The number of rotatable bonds is 8. The molecule has 29 heavy (non-hydrogen) atoms. The Bertz CT molecular complexity index is 852. The molecule has 1 fully saturated rings. The normalized spacial score (nSPS) is 15.2. The third-order valence-corrected chi connectivity index (χ3v) is 5.73. The topological polar surface area (TPSA) is 86.3 Å². The molecule has 0 bridgehead atoms. The third kappa shape index (κ3) is 5.34. The minimum Gasteiger partial charge on any atom is -0.497 e. The SMILES string of the molecule is COc1ccc(-c2nnc(SCC(=O)N(CC(F)(F)F)[C@@H](C)C3CC3)n2N)cc1. The van der Waals surface area contributed by atoms with Gasteiger partial charge in [0.2, 0.25) is 11.1 Å². The number of aromatic nitrogens is 3. The third-order valence-electron chi connectivity index (χ3n) is 4.80. The predicted octanol–water partition coefficient (Wildman–Crippen LogP) is 2.95. The van der Waals surface area contributed by atoms with Crippen LogP contribution in [-0.4, -0.2) is 57.3 Å². The lowest BCUT2D eigenvalue weighted by molar-refractivity contribution is -0.164. The Kier molecular flexibility index (Phi) is 6.25. The summed E-state index contributed by atoms with van der Waals surface area (Å²) in [6.07, 6.45) is -2.75. The molecule has 11 heteroatoms. The molecular weight excluding hydrogens is 407 g/mol. The van der Waals surface area contributed by atoms with Crippen LogP contribution in [0.3, 0.4) is 0 Å². The quantitative estimate of drug-likeness (QED) is 0.513. The molecule has 158 valence electrons. The Balaban J connectivity index is 1.67. The van der Waals surface area contributed by atoms with Gasteiger partial charge in [-0.15, -0.1) is 10.2 Å². The molecule has 1 atom stereocenters. The number of thioether (sulfide) groups is 1. The summed E-state index contributed by atoms with van der Waals surface area (Å²) in [6, 6.07) is 6.56. The van der Waals surface area contributed by atoms with Crippen LogP contribution in [0.4, 0.5) is 13.2 Å². The van der Waals surface area contributed by atoms with Crippen molar-refractivity contribution in [3.63, 3.8) is 0 Å². The summed E-state index contributed by atoms with van der Waals surface area (Å²) >= 11 is 0.963. The number of hydrogen-bond donors (Lipinski definition) is 1. The van der Waals surface area contributed by atoms with Gasteiger partial charge >= 0.3 is 6.18 Å². The zero-order valence-corrected chi connectivity index (χ0v) is 16.8. The van der Waals surface area contributed by atoms with Crippen LogP contribution in [0.25, 0.3) is 11.4 Å². The molecule has 0 aliphatic heterocycles. The van der Waals surface area contributed by atoms with Gasteiger partial charge in [-0.2, -0.15) is 13.2 Å². The van der Waals surface area contributed by atoms with E-state index in [1.54, 1.807) is 38.3 Å². The number of methoxy groups -OCH3 is 1. The van der Waals surface area contributed by atoms with Crippen LogP contribution < -0.4 is 10.6 Å². The fourth-order valence-electron chi connectivity index (χ4n) is 3.01. The Morgan fingerprint density at radius 2 is 2.00 bits per heavy atom. The molecule has 7 nitrogen and oxygen atoms in total. The predicted molar refractivity (Wildman–Crippen MR) is 103 cm³/mol. The number of amides is 1. The van der Waals surface area contributed by atoms with E-state index in [2.05, 4.69) is 10.2 Å². The lowest BCUT2D eigenvalue weighted by atomic mass is 10.2. The Hall–Kier alpha value is -2.43. The summed E-state index contributed by atoms with van der Waals surface area (Å²) in [7, 11) is 1.55. The highest BCUT2D eigenvalue weighted by Gasteiger charge is 2.40. The molecule has 1 heterocycles. The average molecular weight is 429 g/mol. The first kappa shape index (κ1) is 21.3. The first-order chi connectivity index (χ1) is 13.7. The van der Waals surface area contributed by atoms with Gasteiger partial charge < -0.3 is 15.5 Å². The van der Waals surface area contributed by atoms with Crippen molar-refractivity contribution >= 4 is 17.7 Å². The maximum absolute atomic E-state index is 12.9. The van der Waals surface area contributed by atoms with E-state index in [9.17, 15) is 18.0 Å². The highest BCUT2D eigenvalue weighted by molar-refractivity contribution is 7.99. The minimum atomic E-state index is -4.45. The second kappa shape index (κ2) is 8.52. The van der Waals surface area contributed by atoms with E-state index in [4.69, 9.17) is 10.6 Å². The summed E-state index contributed by atoms with van der Waals surface area (Å²) in [5.74, 6) is 6.40. The highest BCUT2D eigenvalue weighted by Crippen LogP contribution is 2.36. The molecular formula is C18H22F3N5O2S. The molecule has 1 aromatic carbocycles. The minimum absolute atomic E-state index is 0.131. The van der Waals surface area contributed by atoms with Crippen LogP contribution in [-0.2, 0) is 4.79 Å². The highest BCUT2D eigenvalue weighted by atomic mass is 32.2. The van der Waals surface area contributed by atoms with Gasteiger partial charge in [-0.05, 0) is 49.9 Å². The summed E-state index contributed by atoms with van der Waals surface area (Å²) in [6.45, 7) is 0.412. The van der Waals surface area contributed by atoms with Crippen molar-refractivity contribution in [2.24, 2.45) is 5.92 Å². The van der Waals surface area contributed by atoms with Crippen molar-refractivity contribution in [1.82, 2.24) is 19.8 Å². The number of nitrogens with zero attached hydrogens (tertiary/aromatic N) is 4. The number of carbonyl (C=O) groups is 1. The van der Waals surface area contributed by atoms with Crippen LogP contribution in [0.1, 0.15) is 19.8 Å². The number of benzene rings is 1. The zero-order chi connectivity index (χ0) is 21.2. The van der Waals surface area contributed by atoms with E-state index >= 15 is 0 Å². The van der Waals surface area contributed by atoms with Gasteiger partial charge in [0.25, 0.3) is 0 Å². The number of carbonyl (C=O) groups excluding carboxylic acids is 1. The van der Waals surface area contributed by atoms with Crippen molar-refractivity contribution in [3.05, 3.63) is 24.3 Å². The molecule has 1 amide bonds. The second-order valence-corrected chi connectivity index (χ2v) is 7.85. The van der Waals surface area contributed by atoms with Crippen molar-refractivity contribution in [3.8, 4) is 17.1 Å². The summed E-state index contributed by atoms with van der Waals surface area (Å²) < 4.78 is 45.1. The largest absolute Gasteiger partial charge is 0.497 e. The maximum Gasteiger partial charge on any atom is 0.406 e. The van der Waals surface area contributed by atoms with Gasteiger partial charge in [0.1, 0.15) is 12.3 Å². The Morgan fingerprint density at radius 3 is 2.55 bits per heavy atom. The number of alkyl halides is 3. The lowest BCUT2D eigenvalue weighted by Crippen LogP contribution is -2.46. The van der Waals surface area contributed by atoms with Gasteiger partial charge in [-0.25, -0.2) is 4.68 Å². The number of halogens is 3. The molecule has 2 aromatic rings. The van der Waals surface area contributed by atoms with E-state index in [-0.39, 0.29) is 16.8 Å². The molecule has 1 saturated carbocycles. The molecule has 2 N–H and O–H groups in total. The molecule has 1 aliphatic carbocycles. The van der Waals surface area contributed by atoms with E-state index in [1.807, 2.05) is 0 Å². The molecule has 0 radical (unpaired) electrons. The van der Waals surface area contributed by atoms with Crippen LogP contribution in [0.5, 0.6) is 5.75 Å². The first-order valence-electron chi connectivity index (χ1n) is 9.03. The van der Waals surface area contributed by atoms with Crippen LogP contribution in [0.15, 0.2) is 29.4 Å². The molecule has 1 aromatic heterocycles. The van der Waals surface area contributed by atoms with Gasteiger partial charge in [0.15, 0.2) is 5.82 Å². The zero-order valence-electron chi connectivity index (χ0n) is 16.0. The number of ether oxygens (including phenoxy) is 1. The van der Waals surface area contributed by atoms with E-state index < -0.39 is 24.7 Å². The summed E-state index contributed by atoms with van der Waals surface area (Å²) in [5, 5.41) is 8.22. The Morgan fingerprint density at radius 1 is 1.34 bits per heavy atom. The van der Waals surface area contributed by atoms with Gasteiger partial charge in [0, 0.05) is 11.6 Å². The molecule has 3 rings (SSSR count). The van der Waals surface area contributed by atoms with Gasteiger partial charge in [-0.1, -0.05) is 11.8 Å². The maximum atomic E-state index is 12.9. The number of nitrogens with two attached hydrogens (primary N) is 1. The number of nitrogen functional groups attached to an aromatic ring is 1. The van der Waals surface area contributed by atoms with Crippen LogP contribution >= 0.6 is 11.8 Å². The van der Waals surface area contributed by atoms with Crippen LogP contribution in [0, 0.1) is 5.92 Å². The van der Waals surface area contributed by atoms with E-state index in [0.29, 0.717) is 17.1 Å². The van der Waals surface area contributed by atoms with Crippen LogP contribution in [0.2, 0.25) is 0 Å². The second-order valence-electron chi connectivity index (χ2n) is 6.91. The molecule has 0 unspecified atom stereocenters. The fraction of sp³-hybridized carbons (Fsp3) is 0.500. The van der Waals surface area contributed by atoms with E-state index in [0.717, 1.165) is 29.5 Å². The van der Waals surface area contributed by atoms with Crippen molar-refractivity contribution in [2.45, 2.75) is 37.1 Å². The first-order valence-corrected chi connectivity index (χ1v) is 10.0. The van der Waals surface area contributed by atoms with Gasteiger partial charge in [-0.3, -0.25) is 4.79 Å². The fourth-order valence-corrected chi connectivity index (χ4v) is 3.75. The standard InChI is InChI=1S/C18H22F3N5O2S/c1-11(12-3-4-12)25(10-18(19,20)21)15(27)9-29-17-24-23-16(26(17)22)13-5-7-14(28-2)8-6-13/h5-8,11-12H,3-4,9-10,22H2,1-2H3/t11-/m0/s1. The monoisotopic (exact) mass is 429 g/mol. The molecule has 0 spiro atoms. The molecule has 0 saturated heterocycles. The van der Waals surface area contributed by atoms with Crippen molar-refractivity contribution < 1.29 is 22.7 Å². The van der Waals surface area contributed by atoms with Crippen molar-refractivity contribution in [2.75, 3.05) is 25.3 Å².